The fraction of sp³-hybridized carbons (Fsp3) is 0.500. The van der Waals surface area contributed by atoms with Crippen LogP contribution in [0.2, 0.25) is 0 Å². The Morgan fingerprint density at radius 1 is 1.36 bits per heavy atom. The number of rotatable bonds is 6. The summed E-state index contributed by atoms with van der Waals surface area (Å²) in [7, 11) is 3.10. The summed E-state index contributed by atoms with van der Waals surface area (Å²) in [5.74, 6) is -1.00. The highest BCUT2D eigenvalue weighted by molar-refractivity contribution is 5.82. The van der Waals surface area contributed by atoms with Crippen LogP contribution < -0.4 is 4.74 Å². The molecule has 1 fully saturated rings. The Balaban J connectivity index is 2.44. The van der Waals surface area contributed by atoms with Crippen LogP contribution in [0.15, 0.2) is 24.3 Å². The van der Waals surface area contributed by atoms with Gasteiger partial charge in [0.1, 0.15) is 5.75 Å². The van der Waals surface area contributed by atoms with Crippen LogP contribution in [-0.4, -0.2) is 49.3 Å². The predicted octanol–water partition coefficient (Wildman–Crippen LogP) is 1.71. The van der Waals surface area contributed by atoms with Crippen LogP contribution in [0, 0.1) is 5.92 Å². The lowest BCUT2D eigenvalue weighted by atomic mass is 9.84. The number of hydrogen-bond acceptors (Lipinski definition) is 4. The molecular formula is C16H21NO5. The van der Waals surface area contributed by atoms with Gasteiger partial charge in [0.25, 0.3) is 0 Å². The number of carboxylic acid groups (broad SMARTS) is 1. The van der Waals surface area contributed by atoms with Gasteiger partial charge < -0.3 is 19.5 Å². The van der Waals surface area contributed by atoms with Crippen molar-refractivity contribution in [3.05, 3.63) is 29.8 Å². The molecule has 1 aliphatic rings. The van der Waals surface area contributed by atoms with E-state index in [1.807, 2.05) is 18.2 Å². The Kier molecular flexibility index (Phi) is 5.38. The van der Waals surface area contributed by atoms with Crippen molar-refractivity contribution in [3.8, 4) is 5.75 Å². The number of aliphatic carboxylic acids is 1. The largest absolute Gasteiger partial charge is 0.496 e. The minimum Gasteiger partial charge on any atom is -0.496 e. The molecule has 22 heavy (non-hydrogen) atoms. The molecule has 0 aliphatic carbocycles. The fourth-order valence-corrected chi connectivity index (χ4v) is 2.96. The van der Waals surface area contributed by atoms with Gasteiger partial charge in [-0.05, 0) is 12.5 Å². The Bertz CT molecular complexity index is 545. The molecule has 6 nitrogen and oxygen atoms in total. The highest BCUT2D eigenvalue weighted by Crippen LogP contribution is 2.40. The number of methoxy groups -OCH3 is 2. The van der Waals surface area contributed by atoms with E-state index in [9.17, 15) is 14.7 Å². The second-order valence-corrected chi connectivity index (χ2v) is 5.25. The summed E-state index contributed by atoms with van der Waals surface area (Å²) in [6.07, 6.45) is 0.576. The molecule has 0 radical (unpaired) electrons. The summed E-state index contributed by atoms with van der Waals surface area (Å²) < 4.78 is 10.4. The maximum absolute atomic E-state index is 12.3. The van der Waals surface area contributed by atoms with Crippen molar-refractivity contribution >= 4 is 11.9 Å². The first-order chi connectivity index (χ1) is 10.6. The zero-order valence-corrected chi connectivity index (χ0v) is 12.8. The van der Waals surface area contributed by atoms with Gasteiger partial charge in [-0.2, -0.15) is 0 Å². The summed E-state index contributed by atoms with van der Waals surface area (Å²) >= 11 is 0. The zero-order chi connectivity index (χ0) is 16.1. The second kappa shape index (κ2) is 7.26. The molecule has 0 aromatic heterocycles. The van der Waals surface area contributed by atoms with E-state index in [1.165, 1.54) is 0 Å². The number of amides is 1. The maximum atomic E-state index is 12.3. The highest BCUT2D eigenvalue weighted by atomic mass is 16.5. The predicted molar refractivity (Wildman–Crippen MR) is 79.7 cm³/mol. The molecule has 0 spiro atoms. The van der Waals surface area contributed by atoms with Gasteiger partial charge in [0.05, 0.1) is 25.7 Å². The molecule has 1 saturated heterocycles. The molecule has 6 heteroatoms. The van der Waals surface area contributed by atoms with Crippen molar-refractivity contribution in [1.82, 2.24) is 4.90 Å². The molecule has 1 aromatic carbocycles. The number of nitrogens with zero attached hydrogens (tertiary/aromatic N) is 1. The molecule has 2 atom stereocenters. The average molecular weight is 307 g/mol. The SMILES string of the molecule is COCCN1C(=O)CC[C@@H](C(=O)O)[C@@H]1c1ccccc1OC. The van der Waals surface area contributed by atoms with E-state index in [2.05, 4.69) is 0 Å². The summed E-state index contributed by atoms with van der Waals surface area (Å²) in [6.45, 7) is 0.728. The summed E-state index contributed by atoms with van der Waals surface area (Å²) in [5.41, 5.74) is 0.724. The fourth-order valence-electron chi connectivity index (χ4n) is 2.96. The number of carbonyl (C=O) groups is 2. The van der Waals surface area contributed by atoms with Gasteiger partial charge in [-0.25, -0.2) is 0 Å². The monoisotopic (exact) mass is 307 g/mol. The number of para-hydroxylation sites is 1. The van der Waals surface area contributed by atoms with Gasteiger partial charge in [-0.15, -0.1) is 0 Å². The average Bonchev–Trinajstić information content (AvgIpc) is 2.53. The third kappa shape index (κ3) is 3.22. The zero-order valence-electron chi connectivity index (χ0n) is 12.8. The molecule has 1 aromatic rings. The van der Waals surface area contributed by atoms with E-state index in [0.717, 1.165) is 5.56 Å². The van der Waals surface area contributed by atoms with Crippen molar-refractivity contribution in [3.63, 3.8) is 0 Å². The smallest absolute Gasteiger partial charge is 0.308 e. The van der Waals surface area contributed by atoms with Crippen molar-refractivity contribution in [1.29, 1.82) is 0 Å². The van der Waals surface area contributed by atoms with E-state index in [-0.39, 0.29) is 12.3 Å². The molecular weight excluding hydrogens is 286 g/mol. The van der Waals surface area contributed by atoms with Crippen molar-refractivity contribution in [2.75, 3.05) is 27.4 Å². The van der Waals surface area contributed by atoms with E-state index in [4.69, 9.17) is 9.47 Å². The molecule has 1 heterocycles. The number of likely N-dealkylation sites (tertiary alicyclic amines) is 1. The Hall–Kier alpha value is -2.08. The molecule has 0 unspecified atom stereocenters. The first-order valence-electron chi connectivity index (χ1n) is 7.24. The topological polar surface area (TPSA) is 76.1 Å². The van der Waals surface area contributed by atoms with Gasteiger partial charge >= 0.3 is 5.97 Å². The third-order valence-corrected chi connectivity index (χ3v) is 4.02. The third-order valence-electron chi connectivity index (χ3n) is 4.02. The van der Waals surface area contributed by atoms with Crippen LogP contribution in [0.1, 0.15) is 24.4 Å². The van der Waals surface area contributed by atoms with E-state index >= 15 is 0 Å². The van der Waals surface area contributed by atoms with E-state index in [0.29, 0.717) is 25.3 Å². The number of benzene rings is 1. The second-order valence-electron chi connectivity index (χ2n) is 5.25. The standard InChI is InChI=1S/C16H21NO5/c1-21-10-9-17-14(18)8-7-12(16(19)20)15(17)11-5-3-4-6-13(11)22-2/h3-6,12,15H,7-10H2,1-2H3,(H,19,20)/t12-,15+/m1/s1. The van der Waals surface area contributed by atoms with Crippen molar-refractivity contribution < 1.29 is 24.2 Å². The molecule has 2 rings (SSSR count). The number of ether oxygens (including phenoxy) is 2. The number of piperidine rings is 1. The highest BCUT2D eigenvalue weighted by Gasteiger charge is 2.41. The van der Waals surface area contributed by atoms with Gasteiger partial charge in [-0.3, -0.25) is 9.59 Å². The molecule has 1 aliphatic heterocycles. The summed E-state index contributed by atoms with van der Waals surface area (Å²) in [5, 5.41) is 9.55. The minimum atomic E-state index is -0.897. The lowest BCUT2D eigenvalue weighted by molar-refractivity contribution is -0.152. The van der Waals surface area contributed by atoms with E-state index in [1.54, 1.807) is 25.2 Å². The Morgan fingerprint density at radius 3 is 2.73 bits per heavy atom. The molecule has 0 saturated carbocycles. The number of carboxylic acids is 1. The van der Waals surface area contributed by atoms with Crippen LogP contribution in [0.4, 0.5) is 0 Å². The van der Waals surface area contributed by atoms with Gasteiger partial charge in [0, 0.05) is 25.6 Å². The summed E-state index contributed by atoms with van der Waals surface area (Å²) in [4.78, 5) is 25.5. The summed E-state index contributed by atoms with van der Waals surface area (Å²) in [6, 6.07) is 6.71. The first-order valence-corrected chi connectivity index (χ1v) is 7.24. The van der Waals surface area contributed by atoms with Crippen LogP contribution in [0.25, 0.3) is 0 Å². The maximum Gasteiger partial charge on any atom is 0.308 e. The Labute approximate surface area is 129 Å². The van der Waals surface area contributed by atoms with Crippen molar-refractivity contribution in [2.45, 2.75) is 18.9 Å². The lowest BCUT2D eigenvalue weighted by Crippen LogP contribution is -2.46. The van der Waals surface area contributed by atoms with Gasteiger partial charge in [0.15, 0.2) is 0 Å². The van der Waals surface area contributed by atoms with Crippen LogP contribution in [0.3, 0.4) is 0 Å². The van der Waals surface area contributed by atoms with Crippen molar-refractivity contribution in [2.24, 2.45) is 5.92 Å². The molecule has 1 N–H and O–H groups in total. The quantitative estimate of drug-likeness (QED) is 0.866. The Morgan fingerprint density at radius 2 is 2.09 bits per heavy atom. The number of carbonyl (C=O) groups excluding carboxylic acids is 1. The van der Waals surface area contributed by atoms with Crippen LogP contribution >= 0.6 is 0 Å². The normalized spacial score (nSPS) is 21.7. The van der Waals surface area contributed by atoms with Crippen LogP contribution in [-0.2, 0) is 14.3 Å². The van der Waals surface area contributed by atoms with Gasteiger partial charge in [-0.1, -0.05) is 18.2 Å². The lowest BCUT2D eigenvalue weighted by Gasteiger charge is -2.40. The van der Waals surface area contributed by atoms with Crippen LogP contribution in [0.5, 0.6) is 5.75 Å². The molecule has 1 amide bonds. The minimum absolute atomic E-state index is 0.0505. The van der Waals surface area contributed by atoms with Gasteiger partial charge in [0.2, 0.25) is 5.91 Å². The van der Waals surface area contributed by atoms with E-state index < -0.39 is 17.9 Å². The first kappa shape index (κ1) is 16.3. The molecule has 0 bridgehead atoms. The molecule has 120 valence electrons. The number of hydrogen-bond donors (Lipinski definition) is 1.